The molecule has 2 aromatic heterocycles. The standard InChI is InChI=1S/C22H29N5O4/c1-15-12-19(31-25-15)17-13-23-22(26-7-10-29-11-8-26)24-20(17)16-4-2-6-27(14-16)21(28)18-5-3-9-30-18/h12-13,16,18H,2-11,14H2,1H3/t16-,18+/m1/s1. The van der Waals surface area contributed by atoms with Crippen LogP contribution in [0.25, 0.3) is 11.3 Å². The average molecular weight is 428 g/mol. The maximum atomic E-state index is 13.0. The minimum atomic E-state index is -0.288. The number of hydrogen-bond acceptors (Lipinski definition) is 8. The van der Waals surface area contributed by atoms with Gasteiger partial charge in [-0.1, -0.05) is 5.16 Å². The van der Waals surface area contributed by atoms with Crippen molar-refractivity contribution in [1.82, 2.24) is 20.0 Å². The van der Waals surface area contributed by atoms with Crippen molar-refractivity contribution in [3.8, 4) is 11.3 Å². The molecule has 3 aliphatic heterocycles. The van der Waals surface area contributed by atoms with E-state index in [2.05, 4.69) is 15.0 Å². The molecule has 0 aliphatic carbocycles. The molecule has 0 radical (unpaired) electrons. The van der Waals surface area contributed by atoms with E-state index in [9.17, 15) is 4.79 Å². The van der Waals surface area contributed by atoms with Gasteiger partial charge in [0.2, 0.25) is 5.95 Å². The van der Waals surface area contributed by atoms with Crippen LogP contribution < -0.4 is 4.90 Å². The van der Waals surface area contributed by atoms with Gasteiger partial charge in [-0.05, 0) is 32.6 Å². The van der Waals surface area contributed by atoms with Crippen LogP contribution in [0.4, 0.5) is 5.95 Å². The van der Waals surface area contributed by atoms with Gasteiger partial charge in [0.05, 0.1) is 30.2 Å². The monoisotopic (exact) mass is 427 g/mol. The highest BCUT2D eigenvalue weighted by Crippen LogP contribution is 2.35. The number of nitrogens with zero attached hydrogens (tertiary/aromatic N) is 5. The fourth-order valence-corrected chi connectivity index (χ4v) is 4.67. The lowest BCUT2D eigenvalue weighted by Gasteiger charge is -2.35. The van der Waals surface area contributed by atoms with Gasteiger partial charge < -0.3 is 23.8 Å². The van der Waals surface area contributed by atoms with Gasteiger partial charge >= 0.3 is 0 Å². The normalized spacial score (nSPS) is 24.5. The highest BCUT2D eigenvalue weighted by atomic mass is 16.5. The summed E-state index contributed by atoms with van der Waals surface area (Å²) in [5.74, 6) is 1.61. The molecule has 0 unspecified atom stereocenters. The molecular formula is C22H29N5O4. The van der Waals surface area contributed by atoms with Crippen LogP contribution in [0.2, 0.25) is 0 Å². The zero-order valence-electron chi connectivity index (χ0n) is 18.0. The number of hydrogen-bond donors (Lipinski definition) is 0. The first kappa shape index (κ1) is 20.4. The molecule has 31 heavy (non-hydrogen) atoms. The molecule has 1 amide bonds. The van der Waals surface area contributed by atoms with E-state index in [-0.39, 0.29) is 17.9 Å². The fraction of sp³-hybridized carbons (Fsp3) is 0.636. The number of aryl methyl sites for hydroxylation is 1. The SMILES string of the molecule is Cc1cc(-c2cnc(N3CCOCC3)nc2[C@@H]2CCCN(C(=O)[C@@H]3CCCO3)C2)on1. The number of carbonyl (C=O) groups excluding carboxylic acids is 1. The third kappa shape index (κ3) is 4.29. The maximum absolute atomic E-state index is 13.0. The smallest absolute Gasteiger partial charge is 0.251 e. The second kappa shape index (κ2) is 8.92. The van der Waals surface area contributed by atoms with Crippen molar-refractivity contribution in [2.75, 3.05) is 50.9 Å². The third-order valence-electron chi connectivity index (χ3n) is 6.32. The Hall–Kier alpha value is -2.52. The van der Waals surface area contributed by atoms with Gasteiger partial charge in [-0.2, -0.15) is 0 Å². The predicted octanol–water partition coefficient (Wildman–Crippen LogP) is 2.16. The zero-order valence-corrected chi connectivity index (χ0v) is 18.0. The summed E-state index contributed by atoms with van der Waals surface area (Å²) in [6.45, 7) is 6.88. The average Bonchev–Trinajstić information content (AvgIpc) is 3.51. The van der Waals surface area contributed by atoms with Crippen molar-refractivity contribution in [3.63, 3.8) is 0 Å². The molecule has 9 heteroatoms. The largest absolute Gasteiger partial charge is 0.378 e. The first-order chi connectivity index (χ1) is 15.2. The van der Waals surface area contributed by atoms with Crippen LogP contribution in [-0.2, 0) is 14.3 Å². The lowest BCUT2D eigenvalue weighted by molar-refractivity contribution is -0.142. The molecule has 2 aromatic rings. The summed E-state index contributed by atoms with van der Waals surface area (Å²) in [4.78, 5) is 26.7. The van der Waals surface area contributed by atoms with Crippen molar-refractivity contribution in [2.24, 2.45) is 0 Å². The molecule has 0 saturated carbocycles. The minimum Gasteiger partial charge on any atom is -0.378 e. The van der Waals surface area contributed by atoms with E-state index in [4.69, 9.17) is 19.0 Å². The number of piperidine rings is 1. The van der Waals surface area contributed by atoms with E-state index in [0.717, 1.165) is 62.3 Å². The van der Waals surface area contributed by atoms with E-state index in [1.807, 2.05) is 24.1 Å². The Morgan fingerprint density at radius 1 is 1.13 bits per heavy atom. The van der Waals surface area contributed by atoms with Gasteiger partial charge in [0.15, 0.2) is 5.76 Å². The minimum absolute atomic E-state index is 0.113. The molecule has 0 aromatic carbocycles. The molecule has 3 aliphatic rings. The van der Waals surface area contributed by atoms with E-state index in [1.54, 1.807) is 0 Å². The maximum Gasteiger partial charge on any atom is 0.251 e. The Kier molecular flexibility index (Phi) is 5.87. The lowest BCUT2D eigenvalue weighted by Crippen LogP contribution is -2.44. The number of morpholine rings is 1. The topological polar surface area (TPSA) is 93.8 Å². The lowest BCUT2D eigenvalue weighted by atomic mass is 9.91. The van der Waals surface area contributed by atoms with Crippen LogP contribution in [-0.4, -0.2) is 78.0 Å². The second-order valence-electron chi connectivity index (χ2n) is 8.53. The van der Waals surface area contributed by atoms with Crippen molar-refractivity contribution in [1.29, 1.82) is 0 Å². The number of amides is 1. The van der Waals surface area contributed by atoms with Crippen LogP contribution in [0.1, 0.15) is 43.0 Å². The van der Waals surface area contributed by atoms with Gasteiger partial charge in [0.25, 0.3) is 5.91 Å². The number of rotatable bonds is 4. The van der Waals surface area contributed by atoms with Crippen LogP contribution in [0.5, 0.6) is 0 Å². The number of carbonyl (C=O) groups is 1. The summed E-state index contributed by atoms with van der Waals surface area (Å²) in [6, 6.07) is 1.91. The van der Waals surface area contributed by atoms with Gasteiger partial charge in [-0.25, -0.2) is 9.97 Å². The van der Waals surface area contributed by atoms with Crippen molar-refractivity contribution in [3.05, 3.63) is 23.7 Å². The van der Waals surface area contributed by atoms with Crippen molar-refractivity contribution < 1.29 is 18.8 Å². The number of ether oxygens (including phenoxy) is 2. The molecule has 3 saturated heterocycles. The zero-order chi connectivity index (χ0) is 21.2. The van der Waals surface area contributed by atoms with Gasteiger partial charge in [0.1, 0.15) is 6.10 Å². The Bertz CT molecular complexity index is 920. The molecule has 5 rings (SSSR count). The first-order valence-electron chi connectivity index (χ1n) is 11.2. The van der Waals surface area contributed by atoms with Gasteiger partial charge in [-0.15, -0.1) is 0 Å². The summed E-state index contributed by atoms with van der Waals surface area (Å²) < 4.78 is 16.7. The fourth-order valence-electron chi connectivity index (χ4n) is 4.67. The molecule has 3 fully saturated rings. The van der Waals surface area contributed by atoms with E-state index in [0.29, 0.717) is 38.1 Å². The molecule has 0 N–H and O–H groups in total. The first-order valence-corrected chi connectivity index (χ1v) is 11.2. The summed E-state index contributed by atoms with van der Waals surface area (Å²) in [6.07, 6.45) is 5.23. The van der Waals surface area contributed by atoms with Crippen LogP contribution >= 0.6 is 0 Å². The van der Waals surface area contributed by atoms with Crippen molar-refractivity contribution >= 4 is 11.9 Å². The highest BCUT2D eigenvalue weighted by molar-refractivity contribution is 5.81. The Morgan fingerprint density at radius 2 is 2.00 bits per heavy atom. The molecule has 0 spiro atoms. The predicted molar refractivity (Wildman–Crippen MR) is 113 cm³/mol. The molecule has 166 valence electrons. The van der Waals surface area contributed by atoms with Crippen LogP contribution in [0, 0.1) is 6.92 Å². The molecule has 0 bridgehead atoms. The number of aromatic nitrogens is 3. The third-order valence-corrected chi connectivity index (χ3v) is 6.32. The summed E-state index contributed by atoms with van der Waals surface area (Å²) >= 11 is 0. The molecule has 5 heterocycles. The highest BCUT2D eigenvalue weighted by Gasteiger charge is 2.34. The molecule has 9 nitrogen and oxygen atoms in total. The second-order valence-corrected chi connectivity index (χ2v) is 8.53. The molecule has 2 atom stereocenters. The Labute approximate surface area is 181 Å². The number of anilines is 1. The van der Waals surface area contributed by atoms with Crippen molar-refractivity contribution in [2.45, 2.75) is 44.6 Å². The van der Waals surface area contributed by atoms with E-state index >= 15 is 0 Å². The number of likely N-dealkylation sites (tertiary alicyclic amines) is 1. The van der Waals surface area contributed by atoms with E-state index in [1.165, 1.54) is 0 Å². The quantitative estimate of drug-likeness (QED) is 0.733. The Balaban J connectivity index is 1.45. The van der Waals surface area contributed by atoms with E-state index < -0.39 is 0 Å². The van der Waals surface area contributed by atoms with Gasteiger partial charge in [0, 0.05) is 51.0 Å². The molecular weight excluding hydrogens is 398 g/mol. The van der Waals surface area contributed by atoms with Crippen LogP contribution in [0.15, 0.2) is 16.8 Å². The summed E-state index contributed by atoms with van der Waals surface area (Å²) in [7, 11) is 0. The summed E-state index contributed by atoms with van der Waals surface area (Å²) in [5, 5.41) is 4.05. The van der Waals surface area contributed by atoms with Crippen LogP contribution in [0.3, 0.4) is 0 Å². The summed E-state index contributed by atoms with van der Waals surface area (Å²) in [5.41, 5.74) is 2.60. The Morgan fingerprint density at radius 3 is 2.74 bits per heavy atom. The van der Waals surface area contributed by atoms with Gasteiger partial charge in [-0.3, -0.25) is 4.79 Å².